The van der Waals surface area contributed by atoms with Gasteiger partial charge in [0.05, 0.1) is 6.61 Å². The third-order valence-electron chi connectivity index (χ3n) is 5.97. The number of carbonyl (C=O) groups excluding carboxylic acids is 2. The van der Waals surface area contributed by atoms with Crippen molar-refractivity contribution in [3.63, 3.8) is 0 Å². The number of ether oxygens (including phenoxy) is 3. The van der Waals surface area contributed by atoms with E-state index in [9.17, 15) is 14.0 Å². The Bertz CT molecular complexity index is 926. The number of hydrogen-bond donors (Lipinski definition) is 1. The molecular weight excluding hydrogens is 459 g/mol. The van der Waals surface area contributed by atoms with Gasteiger partial charge in [0, 0.05) is 38.3 Å². The summed E-state index contributed by atoms with van der Waals surface area (Å²) in [5.74, 6) is -0.349. The standard InChI is InChI=1S/C23H37FN6O5/c1-7-33-20(31)18-17(25)19(27-21(26-18)34-13-16-10-15(24)12-28(16)6)30-9-8-29(11-14(30)2)22(32)35-23(3,4)5/h14-16H,7-13,25H2,1-6H3/t14?,15-,16+/m1/s1. The highest BCUT2D eigenvalue weighted by Gasteiger charge is 2.34. The van der Waals surface area contributed by atoms with Crippen LogP contribution in [0.2, 0.25) is 0 Å². The van der Waals surface area contributed by atoms with Crippen molar-refractivity contribution in [2.45, 2.75) is 64.9 Å². The summed E-state index contributed by atoms with van der Waals surface area (Å²) >= 11 is 0. The van der Waals surface area contributed by atoms with Gasteiger partial charge in [-0.05, 0) is 48.1 Å². The molecule has 11 nitrogen and oxygen atoms in total. The largest absolute Gasteiger partial charge is 0.462 e. The molecule has 1 unspecified atom stereocenters. The van der Waals surface area contributed by atoms with E-state index in [4.69, 9.17) is 19.9 Å². The maximum Gasteiger partial charge on any atom is 0.410 e. The van der Waals surface area contributed by atoms with Gasteiger partial charge in [-0.3, -0.25) is 4.90 Å². The fourth-order valence-corrected chi connectivity index (χ4v) is 4.22. The first-order valence-corrected chi connectivity index (χ1v) is 12.0. The summed E-state index contributed by atoms with van der Waals surface area (Å²) < 4.78 is 30.2. The molecule has 2 aliphatic rings. The lowest BCUT2D eigenvalue weighted by Gasteiger charge is -2.41. The molecule has 0 saturated carbocycles. The maximum atomic E-state index is 13.7. The van der Waals surface area contributed by atoms with Crippen LogP contribution in [0.3, 0.4) is 0 Å². The molecule has 35 heavy (non-hydrogen) atoms. The zero-order chi connectivity index (χ0) is 25.9. The fourth-order valence-electron chi connectivity index (χ4n) is 4.22. The van der Waals surface area contributed by atoms with Gasteiger partial charge in [-0.15, -0.1) is 0 Å². The summed E-state index contributed by atoms with van der Waals surface area (Å²) in [6.45, 7) is 10.9. The number of anilines is 2. The van der Waals surface area contributed by atoms with E-state index >= 15 is 0 Å². The molecule has 196 valence electrons. The Hall–Kier alpha value is -2.89. The predicted molar refractivity (Wildman–Crippen MR) is 128 cm³/mol. The molecule has 1 amide bonds. The number of carbonyl (C=O) groups is 2. The van der Waals surface area contributed by atoms with Gasteiger partial charge in [-0.2, -0.15) is 9.97 Å². The highest BCUT2D eigenvalue weighted by Crippen LogP contribution is 2.30. The number of nitrogen functional groups attached to an aromatic ring is 1. The minimum atomic E-state index is -0.909. The molecular formula is C23H37FN6O5. The summed E-state index contributed by atoms with van der Waals surface area (Å²) in [6, 6.07) is -0.337. The average Bonchev–Trinajstić information content (AvgIpc) is 3.09. The summed E-state index contributed by atoms with van der Waals surface area (Å²) in [7, 11) is 1.83. The van der Waals surface area contributed by atoms with E-state index in [2.05, 4.69) is 9.97 Å². The van der Waals surface area contributed by atoms with Crippen molar-refractivity contribution < 1.29 is 28.2 Å². The van der Waals surface area contributed by atoms with Crippen molar-refractivity contribution >= 4 is 23.6 Å². The molecule has 0 radical (unpaired) electrons. The maximum absolute atomic E-state index is 13.7. The Morgan fingerprint density at radius 2 is 1.91 bits per heavy atom. The Morgan fingerprint density at radius 1 is 1.20 bits per heavy atom. The van der Waals surface area contributed by atoms with Gasteiger partial charge >= 0.3 is 18.1 Å². The van der Waals surface area contributed by atoms with Crippen LogP contribution in [-0.4, -0.2) is 102 Å². The number of nitrogens with zero attached hydrogens (tertiary/aromatic N) is 5. The van der Waals surface area contributed by atoms with Crippen molar-refractivity contribution in [3.8, 4) is 6.01 Å². The van der Waals surface area contributed by atoms with Gasteiger partial charge in [0.15, 0.2) is 11.5 Å². The molecule has 1 aromatic heterocycles. The molecule has 0 spiro atoms. The molecule has 2 fully saturated rings. The Balaban J connectivity index is 1.82. The van der Waals surface area contributed by atoms with Gasteiger partial charge in [-0.1, -0.05) is 0 Å². The van der Waals surface area contributed by atoms with Gasteiger partial charge < -0.3 is 29.7 Å². The number of rotatable bonds is 6. The number of likely N-dealkylation sites (tertiary alicyclic amines) is 1. The van der Waals surface area contributed by atoms with Crippen LogP contribution in [0, 0.1) is 0 Å². The molecule has 0 bridgehead atoms. The number of esters is 1. The van der Waals surface area contributed by atoms with Crippen LogP contribution in [0.5, 0.6) is 6.01 Å². The van der Waals surface area contributed by atoms with E-state index in [-0.39, 0.29) is 48.8 Å². The summed E-state index contributed by atoms with van der Waals surface area (Å²) in [5, 5.41) is 0. The Kier molecular flexibility index (Phi) is 8.24. The lowest BCUT2D eigenvalue weighted by molar-refractivity contribution is 0.0218. The van der Waals surface area contributed by atoms with Gasteiger partial charge in [0.1, 0.15) is 24.1 Å². The smallest absolute Gasteiger partial charge is 0.410 e. The molecule has 2 N–H and O–H groups in total. The zero-order valence-corrected chi connectivity index (χ0v) is 21.4. The number of hydrogen-bond acceptors (Lipinski definition) is 10. The second kappa shape index (κ2) is 10.8. The van der Waals surface area contributed by atoms with Crippen LogP contribution in [0.4, 0.5) is 20.7 Å². The normalized spacial score (nSPS) is 23.3. The van der Waals surface area contributed by atoms with Crippen LogP contribution in [0.15, 0.2) is 0 Å². The van der Waals surface area contributed by atoms with Crippen molar-refractivity contribution in [1.29, 1.82) is 0 Å². The number of likely N-dealkylation sites (N-methyl/N-ethyl adjacent to an activating group) is 1. The number of piperazine rings is 1. The van der Waals surface area contributed by atoms with E-state index < -0.39 is 17.7 Å². The number of aromatic nitrogens is 2. The third kappa shape index (κ3) is 6.62. The van der Waals surface area contributed by atoms with E-state index in [0.29, 0.717) is 38.4 Å². The monoisotopic (exact) mass is 496 g/mol. The molecule has 3 atom stereocenters. The SMILES string of the molecule is CCOC(=O)c1nc(OC[C@@H]2C[C@@H](F)CN2C)nc(N2CCN(C(=O)OC(C)(C)C)CC2C)c1N. The van der Waals surface area contributed by atoms with E-state index in [0.717, 1.165) is 0 Å². The van der Waals surface area contributed by atoms with Crippen molar-refractivity contribution in [2.24, 2.45) is 0 Å². The quantitative estimate of drug-likeness (QED) is 0.586. The zero-order valence-electron chi connectivity index (χ0n) is 21.4. The topological polar surface area (TPSA) is 123 Å². The minimum absolute atomic E-state index is 0.0327. The molecule has 3 heterocycles. The number of alkyl halides is 1. The molecule has 0 aliphatic carbocycles. The van der Waals surface area contributed by atoms with E-state index in [1.54, 1.807) is 11.8 Å². The number of halogens is 1. The Labute approximate surface area is 205 Å². The average molecular weight is 497 g/mol. The van der Waals surface area contributed by atoms with Gasteiger partial charge in [-0.25, -0.2) is 14.0 Å². The summed E-state index contributed by atoms with van der Waals surface area (Å²) in [6.07, 6.45) is -0.941. The second-order valence-electron chi connectivity index (χ2n) is 10.0. The highest BCUT2D eigenvalue weighted by atomic mass is 19.1. The van der Waals surface area contributed by atoms with Gasteiger partial charge in [0.25, 0.3) is 0 Å². The summed E-state index contributed by atoms with van der Waals surface area (Å²) in [5.41, 5.74) is 5.73. The van der Waals surface area contributed by atoms with Crippen molar-refractivity contribution in [3.05, 3.63) is 5.69 Å². The van der Waals surface area contributed by atoms with Crippen LogP contribution >= 0.6 is 0 Å². The van der Waals surface area contributed by atoms with Crippen LogP contribution in [0.1, 0.15) is 51.5 Å². The molecule has 12 heteroatoms. The van der Waals surface area contributed by atoms with E-state index in [1.165, 1.54) is 0 Å². The Morgan fingerprint density at radius 3 is 2.49 bits per heavy atom. The van der Waals surface area contributed by atoms with E-state index in [1.807, 2.05) is 44.5 Å². The molecule has 2 aliphatic heterocycles. The van der Waals surface area contributed by atoms with Gasteiger partial charge in [0.2, 0.25) is 0 Å². The summed E-state index contributed by atoms with van der Waals surface area (Å²) in [4.78, 5) is 39.2. The predicted octanol–water partition coefficient (Wildman–Crippen LogP) is 2.10. The lowest BCUT2D eigenvalue weighted by atomic mass is 10.1. The van der Waals surface area contributed by atoms with Crippen LogP contribution < -0.4 is 15.4 Å². The lowest BCUT2D eigenvalue weighted by Crippen LogP contribution is -2.55. The highest BCUT2D eigenvalue weighted by molar-refractivity contribution is 5.96. The van der Waals surface area contributed by atoms with Crippen LogP contribution in [0.25, 0.3) is 0 Å². The number of nitrogens with two attached hydrogens (primary N) is 1. The van der Waals surface area contributed by atoms with Crippen molar-refractivity contribution in [1.82, 2.24) is 19.8 Å². The molecule has 2 saturated heterocycles. The number of amides is 1. The van der Waals surface area contributed by atoms with Crippen LogP contribution in [-0.2, 0) is 9.47 Å². The third-order valence-corrected chi connectivity index (χ3v) is 5.97. The second-order valence-corrected chi connectivity index (χ2v) is 10.0. The first kappa shape index (κ1) is 26.7. The van der Waals surface area contributed by atoms with Crippen molar-refractivity contribution in [2.75, 3.05) is 57.1 Å². The fraction of sp³-hybridized carbons (Fsp3) is 0.739. The first-order chi connectivity index (χ1) is 16.4. The molecule has 3 rings (SSSR count). The first-order valence-electron chi connectivity index (χ1n) is 12.0. The minimum Gasteiger partial charge on any atom is -0.462 e. The molecule has 0 aromatic carbocycles. The molecule has 1 aromatic rings.